The third-order valence-electron chi connectivity index (χ3n) is 5.10. The van der Waals surface area contributed by atoms with Crippen LogP contribution in [0.5, 0.6) is 5.19 Å². The molecule has 0 aliphatic carbocycles. The molecule has 24 heavy (non-hydrogen) atoms. The maximum atomic E-state index is 12.7. The molecule has 3 saturated heterocycles. The maximum Gasteiger partial charge on any atom is 0.294 e. The van der Waals surface area contributed by atoms with Gasteiger partial charge in [0.1, 0.15) is 0 Å². The molecule has 2 aromatic rings. The number of hydrogen-bond donors (Lipinski definition) is 1. The number of carbonyl (C=O) groups excluding carboxylic acids is 1. The van der Waals surface area contributed by atoms with Crippen LogP contribution in [0, 0.1) is 5.92 Å². The smallest absolute Gasteiger partial charge is 0.294 e. The molecule has 8 heteroatoms. The Kier molecular flexibility index (Phi) is 4.28. The van der Waals surface area contributed by atoms with Crippen molar-refractivity contribution in [1.82, 2.24) is 20.4 Å². The molecule has 3 fully saturated rings. The largest absolute Gasteiger partial charge is 0.472 e. The van der Waals surface area contributed by atoms with Crippen LogP contribution < -0.4 is 10.1 Å². The lowest BCUT2D eigenvalue weighted by Gasteiger charge is -2.49. The van der Waals surface area contributed by atoms with Crippen LogP contribution in [0.15, 0.2) is 12.1 Å². The Morgan fingerprint density at radius 3 is 2.75 bits per heavy atom. The molecule has 6 nitrogen and oxygen atoms in total. The number of thiophene rings is 1. The summed E-state index contributed by atoms with van der Waals surface area (Å²) in [6.07, 6.45) is 2.38. The van der Waals surface area contributed by atoms with E-state index in [0.717, 1.165) is 14.8 Å². The first kappa shape index (κ1) is 16.0. The highest BCUT2D eigenvalue weighted by Gasteiger charge is 2.40. The maximum absolute atomic E-state index is 12.7. The molecule has 0 radical (unpaired) electrons. The van der Waals surface area contributed by atoms with Gasteiger partial charge < -0.3 is 10.1 Å². The summed E-state index contributed by atoms with van der Waals surface area (Å²) >= 11 is 2.84. The van der Waals surface area contributed by atoms with Crippen LogP contribution in [-0.2, 0) is 0 Å². The minimum Gasteiger partial charge on any atom is -0.472 e. The number of nitrogens with zero attached hydrogens (tertiary/aromatic N) is 3. The van der Waals surface area contributed by atoms with Crippen LogP contribution in [-0.4, -0.2) is 53.3 Å². The highest BCUT2D eigenvalue weighted by Crippen LogP contribution is 2.34. The average Bonchev–Trinajstić information content (AvgIpc) is 3.27. The fourth-order valence-corrected chi connectivity index (χ4v) is 5.35. The normalized spacial score (nSPS) is 28.8. The van der Waals surface area contributed by atoms with Crippen molar-refractivity contribution >= 4 is 28.6 Å². The van der Waals surface area contributed by atoms with E-state index in [4.69, 9.17) is 4.74 Å². The van der Waals surface area contributed by atoms with Crippen molar-refractivity contribution in [2.75, 3.05) is 20.2 Å². The van der Waals surface area contributed by atoms with Gasteiger partial charge in [-0.2, -0.15) is 0 Å². The molecule has 2 unspecified atom stereocenters. The fourth-order valence-electron chi connectivity index (χ4n) is 3.73. The number of fused-ring (bicyclic) bond motifs is 3. The van der Waals surface area contributed by atoms with E-state index < -0.39 is 0 Å². The van der Waals surface area contributed by atoms with Gasteiger partial charge >= 0.3 is 0 Å². The van der Waals surface area contributed by atoms with Crippen molar-refractivity contribution in [1.29, 1.82) is 0 Å². The molecule has 1 N–H and O–H groups in total. The number of aromatic nitrogens is 2. The first-order chi connectivity index (χ1) is 11.7. The summed E-state index contributed by atoms with van der Waals surface area (Å²) in [6.45, 7) is 4.56. The SMILES string of the molecule is COc1nnc(-c2ccc(C(=O)NC3C4CCN(CC4)C3C)s2)s1. The number of carbonyl (C=O) groups is 1. The zero-order chi connectivity index (χ0) is 16.7. The van der Waals surface area contributed by atoms with Crippen molar-refractivity contribution in [3.63, 3.8) is 0 Å². The first-order valence-corrected chi connectivity index (χ1v) is 9.81. The predicted molar refractivity (Wildman–Crippen MR) is 94.8 cm³/mol. The monoisotopic (exact) mass is 364 g/mol. The number of nitrogens with one attached hydrogen (secondary N) is 1. The van der Waals surface area contributed by atoms with E-state index in [1.807, 2.05) is 12.1 Å². The zero-order valence-corrected chi connectivity index (χ0v) is 15.3. The van der Waals surface area contributed by atoms with Gasteiger partial charge in [0.25, 0.3) is 11.1 Å². The van der Waals surface area contributed by atoms with E-state index >= 15 is 0 Å². The number of ether oxygens (including phenoxy) is 1. The summed E-state index contributed by atoms with van der Waals surface area (Å²) in [6, 6.07) is 4.48. The van der Waals surface area contributed by atoms with Crippen LogP contribution in [0.1, 0.15) is 29.4 Å². The van der Waals surface area contributed by atoms with Crippen LogP contribution in [0.4, 0.5) is 0 Å². The van der Waals surface area contributed by atoms with Gasteiger partial charge in [-0.25, -0.2) is 0 Å². The molecular weight excluding hydrogens is 344 g/mol. The quantitative estimate of drug-likeness (QED) is 0.903. The molecule has 0 saturated carbocycles. The van der Waals surface area contributed by atoms with E-state index in [2.05, 4.69) is 27.3 Å². The van der Waals surface area contributed by atoms with Gasteiger partial charge in [-0.3, -0.25) is 9.69 Å². The second-order valence-electron chi connectivity index (χ2n) is 6.35. The van der Waals surface area contributed by atoms with Crippen LogP contribution in [0.3, 0.4) is 0 Å². The van der Waals surface area contributed by atoms with E-state index in [0.29, 0.717) is 17.2 Å². The molecular formula is C16H20N4O2S2. The number of piperidine rings is 3. The topological polar surface area (TPSA) is 67.3 Å². The molecule has 128 valence electrons. The standard InChI is InChI=1S/C16H20N4O2S2/c1-9-13(10-5-7-20(9)8-6-10)17-14(21)11-3-4-12(23-11)15-18-19-16(22-2)24-15/h3-4,9-10,13H,5-8H2,1-2H3,(H,17,21). The van der Waals surface area contributed by atoms with E-state index in [-0.39, 0.29) is 11.9 Å². The Labute approximate surface area is 148 Å². The molecule has 2 atom stereocenters. The fraction of sp³-hybridized carbons (Fsp3) is 0.562. The number of rotatable bonds is 4. The Balaban J connectivity index is 1.47. The molecule has 2 aromatic heterocycles. The lowest BCUT2D eigenvalue weighted by atomic mass is 9.79. The summed E-state index contributed by atoms with van der Waals surface area (Å²) in [7, 11) is 1.58. The summed E-state index contributed by atoms with van der Waals surface area (Å²) in [4.78, 5) is 16.8. The average molecular weight is 364 g/mol. The van der Waals surface area contributed by atoms with E-state index in [1.165, 1.54) is 48.6 Å². The Morgan fingerprint density at radius 2 is 2.08 bits per heavy atom. The van der Waals surface area contributed by atoms with Crippen LogP contribution in [0.25, 0.3) is 9.88 Å². The van der Waals surface area contributed by atoms with Crippen molar-refractivity contribution in [2.45, 2.75) is 31.8 Å². The van der Waals surface area contributed by atoms with E-state index in [9.17, 15) is 4.79 Å². The molecule has 0 spiro atoms. The highest BCUT2D eigenvalue weighted by molar-refractivity contribution is 7.23. The van der Waals surface area contributed by atoms with Crippen LogP contribution in [0.2, 0.25) is 0 Å². The molecule has 1 amide bonds. The summed E-state index contributed by atoms with van der Waals surface area (Å²) in [5.74, 6) is 0.633. The number of methoxy groups -OCH3 is 1. The molecule has 3 aliphatic rings. The Hall–Kier alpha value is -1.51. The lowest BCUT2D eigenvalue weighted by molar-refractivity contribution is 0.0218. The molecule has 2 bridgehead atoms. The highest BCUT2D eigenvalue weighted by atomic mass is 32.1. The zero-order valence-electron chi connectivity index (χ0n) is 13.7. The molecule has 5 rings (SSSR count). The summed E-state index contributed by atoms with van der Waals surface area (Å²) < 4.78 is 5.08. The second kappa shape index (κ2) is 6.42. The minimum atomic E-state index is 0.0216. The number of hydrogen-bond acceptors (Lipinski definition) is 7. The summed E-state index contributed by atoms with van der Waals surface area (Å²) in [5, 5.41) is 12.6. The van der Waals surface area contributed by atoms with Gasteiger partial charge in [0, 0.05) is 12.1 Å². The predicted octanol–water partition coefficient (Wildman–Crippen LogP) is 2.49. The third kappa shape index (κ3) is 2.82. The van der Waals surface area contributed by atoms with Crippen molar-refractivity contribution < 1.29 is 9.53 Å². The van der Waals surface area contributed by atoms with Gasteiger partial charge in [-0.1, -0.05) is 16.4 Å². The lowest BCUT2D eigenvalue weighted by Crippen LogP contribution is -2.62. The minimum absolute atomic E-state index is 0.0216. The second-order valence-corrected chi connectivity index (χ2v) is 8.38. The molecule has 3 aliphatic heterocycles. The number of amides is 1. The molecule has 0 aromatic carbocycles. The third-order valence-corrected chi connectivity index (χ3v) is 7.23. The van der Waals surface area contributed by atoms with Gasteiger partial charge in [0.05, 0.1) is 16.9 Å². The van der Waals surface area contributed by atoms with Gasteiger partial charge in [-0.05, 0) is 50.9 Å². The Morgan fingerprint density at radius 1 is 1.29 bits per heavy atom. The molecule has 5 heterocycles. The van der Waals surface area contributed by atoms with E-state index in [1.54, 1.807) is 7.11 Å². The van der Waals surface area contributed by atoms with Crippen molar-refractivity contribution in [3.8, 4) is 15.1 Å². The van der Waals surface area contributed by atoms with Crippen LogP contribution >= 0.6 is 22.7 Å². The van der Waals surface area contributed by atoms with Crippen molar-refractivity contribution in [3.05, 3.63) is 17.0 Å². The van der Waals surface area contributed by atoms with Gasteiger partial charge in [0.15, 0.2) is 5.01 Å². The first-order valence-electron chi connectivity index (χ1n) is 8.18. The Bertz CT molecular complexity index is 734. The summed E-state index contributed by atoms with van der Waals surface area (Å²) in [5.41, 5.74) is 0. The van der Waals surface area contributed by atoms with Gasteiger partial charge in [0.2, 0.25) is 0 Å². The van der Waals surface area contributed by atoms with Crippen molar-refractivity contribution in [2.24, 2.45) is 5.92 Å². The van der Waals surface area contributed by atoms with Gasteiger partial charge in [-0.15, -0.1) is 16.4 Å².